The SMILES string of the molecule is CC(C)(C)c1ccc(C(=O)NCCN2CCC(O)CC2)cc1. The van der Waals surface area contributed by atoms with Gasteiger partial charge in [-0.25, -0.2) is 0 Å². The second-order valence-corrected chi connectivity index (χ2v) is 7.16. The van der Waals surface area contributed by atoms with Crippen LogP contribution in [0.1, 0.15) is 49.5 Å². The van der Waals surface area contributed by atoms with Crippen LogP contribution in [0, 0.1) is 0 Å². The van der Waals surface area contributed by atoms with Gasteiger partial charge in [0.1, 0.15) is 0 Å². The Morgan fingerprint density at radius 2 is 1.82 bits per heavy atom. The molecule has 4 heteroatoms. The molecule has 1 aliphatic rings. The van der Waals surface area contributed by atoms with Crippen molar-refractivity contribution in [3.63, 3.8) is 0 Å². The van der Waals surface area contributed by atoms with Crippen LogP contribution in [0.2, 0.25) is 0 Å². The number of rotatable bonds is 4. The molecular formula is C18H28N2O2. The van der Waals surface area contributed by atoms with Crippen molar-refractivity contribution in [2.45, 2.75) is 45.1 Å². The van der Waals surface area contributed by atoms with Gasteiger partial charge in [0.2, 0.25) is 0 Å². The molecule has 4 nitrogen and oxygen atoms in total. The lowest BCUT2D eigenvalue weighted by molar-refractivity contribution is 0.0804. The minimum Gasteiger partial charge on any atom is -0.393 e. The number of nitrogens with one attached hydrogen (secondary N) is 1. The van der Waals surface area contributed by atoms with E-state index in [2.05, 4.69) is 31.0 Å². The lowest BCUT2D eigenvalue weighted by Gasteiger charge is -2.29. The topological polar surface area (TPSA) is 52.6 Å². The Balaban J connectivity index is 1.77. The Labute approximate surface area is 133 Å². The van der Waals surface area contributed by atoms with E-state index in [9.17, 15) is 9.90 Å². The third-order valence-electron chi connectivity index (χ3n) is 4.28. The first kappa shape index (κ1) is 17.0. The lowest BCUT2D eigenvalue weighted by atomic mass is 9.87. The van der Waals surface area contributed by atoms with Gasteiger partial charge < -0.3 is 15.3 Å². The maximum absolute atomic E-state index is 12.1. The van der Waals surface area contributed by atoms with Crippen LogP contribution in [-0.2, 0) is 5.41 Å². The highest BCUT2D eigenvalue weighted by molar-refractivity contribution is 5.94. The third-order valence-corrected chi connectivity index (χ3v) is 4.28. The number of likely N-dealkylation sites (tertiary alicyclic amines) is 1. The summed E-state index contributed by atoms with van der Waals surface area (Å²) in [6.45, 7) is 9.82. The van der Waals surface area contributed by atoms with Gasteiger partial charge in [0, 0.05) is 31.7 Å². The highest BCUT2D eigenvalue weighted by atomic mass is 16.3. The zero-order chi connectivity index (χ0) is 16.2. The van der Waals surface area contributed by atoms with Gasteiger partial charge in [-0.1, -0.05) is 32.9 Å². The number of nitrogens with zero attached hydrogens (tertiary/aromatic N) is 1. The molecule has 0 radical (unpaired) electrons. The highest BCUT2D eigenvalue weighted by Crippen LogP contribution is 2.22. The number of hydrogen-bond donors (Lipinski definition) is 2. The maximum atomic E-state index is 12.1. The molecule has 2 N–H and O–H groups in total. The Hall–Kier alpha value is -1.39. The number of aliphatic hydroxyl groups excluding tert-OH is 1. The van der Waals surface area contributed by atoms with Crippen LogP contribution in [0.25, 0.3) is 0 Å². The van der Waals surface area contributed by atoms with Gasteiger partial charge >= 0.3 is 0 Å². The first-order chi connectivity index (χ1) is 10.4. The van der Waals surface area contributed by atoms with Gasteiger partial charge in [-0.3, -0.25) is 4.79 Å². The van der Waals surface area contributed by atoms with Crippen LogP contribution in [-0.4, -0.2) is 48.2 Å². The summed E-state index contributed by atoms with van der Waals surface area (Å²) in [5, 5.41) is 12.4. The molecule has 0 bridgehead atoms. The standard InChI is InChI=1S/C18H28N2O2/c1-18(2,3)15-6-4-14(5-7-15)17(22)19-10-13-20-11-8-16(21)9-12-20/h4-7,16,21H,8-13H2,1-3H3,(H,19,22). The molecular weight excluding hydrogens is 276 g/mol. The van der Waals surface area contributed by atoms with Crippen molar-refractivity contribution in [1.29, 1.82) is 0 Å². The van der Waals surface area contributed by atoms with Gasteiger partial charge in [0.05, 0.1) is 6.10 Å². The van der Waals surface area contributed by atoms with Crippen LogP contribution in [0.5, 0.6) is 0 Å². The molecule has 0 aromatic heterocycles. The minimum atomic E-state index is -0.146. The van der Waals surface area contributed by atoms with Crippen molar-refractivity contribution in [2.24, 2.45) is 0 Å². The van der Waals surface area contributed by atoms with Crippen molar-refractivity contribution in [1.82, 2.24) is 10.2 Å². The van der Waals surface area contributed by atoms with E-state index in [1.807, 2.05) is 24.3 Å². The Bertz CT molecular complexity index is 483. The smallest absolute Gasteiger partial charge is 0.251 e. The van der Waals surface area contributed by atoms with Gasteiger partial charge in [0.25, 0.3) is 5.91 Å². The zero-order valence-corrected chi connectivity index (χ0v) is 13.9. The number of aliphatic hydroxyl groups is 1. The van der Waals surface area contributed by atoms with E-state index in [0.717, 1.165) is 32.5 Å². The van der Waals surface area contributed by atoms with E-state index in [4.69, 9.17) is 0 Å². The fraction of sp³-hybridized carbons (Fsp3) is 0.611. The molecule has 1 amide bonds. The largest absolute Gasteiger partial charge is 0.393 e. The minimum absolute atomic E-state index is 0.0162. The quantitative estimate of drug-likeness (QED) is 0.896. The summed E-state index contributed by atoms with van der Waals surface area (Å²) in [6, 6.07) is 7.85. The fourth-order valence-electron chi connectivity index (χ4n) is 2.69. The molecule has 1 aromatic carbocycles. The molecule has 1 aromatic rings. The van der Waals surface area contributed by atoms with E-state index in [1.165, 1.54) is 5.56 Å². The molecule has 0 saturated carbocycles. The van der Waals surface area contributed by atoms with Crippen molar-refractivity contribution in [3.05, 3.63) is 35.4 Å². The normalized spacial score (nSPS) is 17.5. The Morgan fingerprint density at radius 1 is 1.23 bits per heavy atom. The summed E-state index contributed by atoms with van der Waals surface area (Å²) in [5.41, 5.74) is 2.05. The van der Waals surface area contributed by atoms with E-state index in [-0.39, 0.29) is 17.4 Å². The van der Waals surface area contributed by atoms with Crippen LogP contribution in [0.3, 0.4) is 0 Å². The second-order valence-electron chi connectivity index (χ2n) is 7.16. The highest BCUT2D eigenvalue weighted by Gasteiger charge is 2.17. The van der Waals surface area contributed by atoms with Crippen LogP contribution in [0.4, 0.5) is 0 Å². The molecule has 2 rings (SSSR count). The predicted octanol–water partition coefficient (Wildman–Crippen LogP) is 2.17. The number of carbonyl (C=O) groups excluding carboxylic acids is 1. The number of benzene rings is 1. The van der Waals surface area contributed by atoms with Gasteiger partial charge in [0.15, 0.2) is 0 Å². The lowest BCUT2D eigenvalue weighted by Crippen LogP contribution is -2.40. The van der Waals surface area contributed by atoms with E-state index in [1.54, 1.807) is 0 Å². The predicted molar refractivity (Wildman–Crippen MR) is 89.2 cm³/mol. The summed E-state index contributed by atoms with van der Waals surface area (Å²) in [4.78, 5) is 14.4. The molecule has 1 aliphatic heterocycles. The number of hydrogen-bond acceptors (Lipinski definition) is 3. The van der Waals surface area contributed by atoms with Gasteiger partial charge in [-0.05, 0) is 36.0 Å². The molecule has 22 heavy (non-hydrogen) atoms. The molecule has 0 atom stereocenters. The summed E-state index contributed by atoms with van der Waals surface area (Å²) in [6.07, 6.45) is 1.52. The number of piperidine rings is 1. The summed E-state index contributed by atoms with van der Waals surface area (Å²) in [7, 11) is 0. The average Bonchev–Trinajstić information content (AvgIpc) is 2.48. The summed E-state index contributed by atoms with van der Waals surface area (Å²) >= 11 is 0. The van der Waals surface area contributed by atoms with E-state index in [0.29, 0.717) is 12.1 Å². The molecule has 1 fully saturated rings. The van der Waals surface area contributed by atoms with Crippen LogP contribution in [0.15, 0.2) is 24.3 Å². The molecule has 122 valence electrons. The number of carbonyl (C=O) groups is 1. The van der Waals surface area contributed by atoms with Crippen LogP contribution >= 0.6 is 0 Å². The molecule has 0 unspecified atom stereocenters. The summed E-state index contributed by atoms with van der Waals surface area (Å²) < 4.78 is 0. The zero-order valence-electron chi connectivity index (χ0n) is 13.9. The van der Waals surface area contributed by atoms with Crippen molar-refractivity contribution < 1.29 is 9.90 Å². The first-order valence-electron chi connectivity index (χ1n) is 8.15. The van der Waals surface area contributed by atoms with Crippen molar-refractivity contribution in [2.75, 3.05) is 26.2 Å². The Morgan fingerprint density at radius 3 is 2.36 bits per heavy atom. The van der Waals surface area contributed by atoms with Crippen LogP contribution < -0.4 is 5.32 Å². The maximum Gasteiger partial charge on any atom is 0.251 e. The average molecular weight is 304 g/mol. The van der Waals surface area contributed by atoms with Gasteiger partial charge in [-0.15, -0.1) is 0 Å². The monoisotopic (exact) mass is 304 g/mol. The number of amides is 1. The molecule has 1 heterocycles. The third kappa shape index (κ3) is 4.82. The van der Waals surface area contributed by atoms with Crippen molar-refractivity contribution >= 4 is 5.91 Å². The van der Waals surface area contributed by atoms with Crippen molar-refractivity contribution in [3.8, 4) is 0 Å². The molecule has 1 saturated heterocycles. The molecule has 0 aliphatic carbocycles. The first-order valence-corrected chi connectivity index (χ1v) is 8.15. The fourth-order valence-corrected chi connectivity index (χ4v) is 2.69. The Kier molecular flexibility index (Phi) is 5.59. The van der Waals surface area contributed by atoms with E-state index < -0.39 is 0 Å². The summed E-state index contributed by atoms with van der Waals surface area (Å²) in [5.74, 6) is -0.0162. The molecule has 0 spiro atoms. The second kappa shape index (κ2) is 7.25. The van der Waals surface area contributed by atoms with Gasteiger partial charge in [-0.2, -0.15) is 0 Å². The van der Waals surface area contributed by atoms with E-state index >= 15 is 0 Å².